The van der Waals surface area contributed by atoms with Gasteiger partial charge in [0.25, 0.3) is 0 Å². The molecule has 0 amide bonds. The Kier molecular flexibility index (Phi) is 9.00. The van der Waals surface area contributed by atoms with Crippen LogP contribution >= 0.6 is 45.2 Å². The highest BCUT2D eigenvalue weighted by Crippen LogP contribution is 2.48. The first-order chi connectivity index (χ1) is 18.1. The van der Waals surface area contributed by atoms with Crippen LogP contribution in [0.4, 0.5) is 0 Å². The van der Waals surface area contributed by atoms with E-state index in [1.807, 2.05) is 55.5 Å². The maximum Gasteiger partial charge on any atom is 0.453 e. The number of hydrogen-bond donors (Lipinski definition) is 4. The Balaban J connectivity index is 1.52. The van der Waals surface area contributed by atoms with Gasteiger partial charge in [0.05, 0.1) is 0 Å². The SMILES string of the molecule is CC(Cc1ccc2c(c1-c1cccc(I)c1)OC(C(=O)O)(C(=O)O)O2)NCC(O)COc1cccc(I)c1. The zero-order valence-electron chi connectivity index (χ0n) is 20.2. The first-order valence-corrected chi connectivity index (χ1v) is 13.8. The molecule has 38 heavy (non-hydrogen) atoms. The number of carbonyl (C=O) groups is 2. The summed E-state index contributed by atoms with van der Waals surface area (Å²) in [7, 11) is 0. The van der Waals surface area contributed by atoms with Crippen LogP contribution in [0.25, 0.3) is 11.1 Å². The van der Waals surface area contributed by atoms with Gasteiger partial charge in [-0.3, -0.25) is 0 Å². The molecule has 0 aliphatic carbocycles. The van der Waals surface area contributed by atoms with Crippen molar-refractivity contribution in [3.05, 3.63) is 73.4 Å². The molecule has 0 spiro atoms. The van der Waals surface area contributed by atoms with E-state index in [0.29, 0.717) is 17.7 Å². The second kappa shape index (κ2) is 12.1. The molecule has 2 atom stereocenters. The highest BCUT2D eigenvalue weighted by atomic mass is 127. The normalized spacial score (nSPS) is 15.1. The number of halogens is 2. The molecule has 3 aromatic rings. The largest absolute Gasteiger partial charge is 0.491 e. The minimum atomic E-state index is -2.86. The van der Waals surface area contributed by atoms with Crippen LogP contribution in [0.3, 0.4) is 0 Å². The topological polar surface area (TPSA) is 135 Å². The molecule has 4 rings (SSSR count). The smallest absolute Gasteiger partial charge is 0.453 e. The Morgan fingerprint density at radius 2 is 1.68 bits per heavy atom. The van der Waals surface area contributed by atoms with E-state index in [9.17, 15) is 24.9 Å². The third-order valence-electron chi connectivity index (χ3n) is 5.85. The van der Waals surface area contributed by atoms with Crippen molar-refractivity contribution in [1.82, 2.24) is 5.32 Å². The summed E-state index contributed by atoms with van der Waals surface area (Å²) >= 11 is 4.36. The summed E-state index contributed by atoms with van der Waals surface area (Å²) in [4.78, 5) is 23.7. The first kappa shape index (κ1) is 28.4. The van der Waals surface area contributed by atoms with E-state index in [0.717, 1.165) is 18.3 Å². The van der Waals surface area contributed by atoms with Gasteiger partial charge in [0, 0.05) is 25.3 Å². The standard InChI is InChI=1S/C27H25I2NO8/c1-15(30-13-20(31)14-36-21-7-3-6-19(29)12-21)10-17-8-9-22-24(23(17)16-4-2-5-18(28)11-16)38-27(37-22,25(32)33)26(34)35/h2-9,11-12,15,20,30-31H,10,13-14H2,1H3,(H,32,33)(H,34,35). The van der Waals surface area contributed by atoms with Gasteiger partial charge in [-0.25, -0.2) is 9.59 Å². The van der Waals surface area contributed by atoms with Crippen molar-refractivity contribution in [2.75, 3.05) is 13.2 Å². The lowest BCUT2D eigenvalue weighted by Gasteiger charge is -2.20. The number of benzene rings is 3. The molecule has 0 radical (unpaired) electrons. The molecule has 1 aliphatic rings. The number of nitrogens with one attached hydrogen (secondary N) is 1. The summed E-state index contributed by atoms with van der Waals surface area (Å²) in [5.74, 6) is -5.59. The molecule has 4 N–H and O–H groups in total. The number of fused-ring (bicyclic) bond motifs is 1. The van der Waals surface area contributed by atoms with Gasteiger partial charge in [0.2, 0.25) is 0 Å². The van der Waals surface area contributed by atoms with Crippen LogP contribution in [-0.2, 0) is 16.0 Å². The molecule has 11 heteroatoms. The molecule has 1 aliphatic heterocycles. The molecule has 0 aromatic heterocycles. The van der Waals surface area contributed by atoms with Gasteiger partial charge in [-0.15, -0.1) is 0 Å². The molecule has 0 bridgehead atoms. The molecule has 0 saturated heterocycles. The Bertz CT molecular complexity index is 1330. The van der Waals surface area contributed by atoms with E-state index in [1.165, 1.54) is 6.07 Å². The van der Waals surface area contributed by atoms with Crippen LogP contribution < -0.4 is 19.5 Å². The van der Waals surface area contributed by atoms with Crippen LogP contribution in [0.1, 0.15) is 12.5 Å². The number of rotatable bonds is 11. The first-order valence-electron chi connectivity index (χ1n) is 11.7. The predicted molar refractivity (Wildman–Crippen MR) is 156 cm³/mol. The molecular weight excluding hydrogens is 720 g/mol. The molecule has 0 fully saturated rings. The average molecular weight is 745 g/mol. The number of aliphatic hydroxyl groups is 1. The van der Waals surface area contributed by atoms with Crippen molar-refractivity contribution in [3.63, 3.8) is 0 Å². The molecule has 2 unspecified atom stereocenters. The van der Waals surface area contributed by atoms with Crippen LogP contribution in [0.2, 0.25) is 0 Å². The van der Waals surface area contributed by atoms with Crippen molar-refractivity contribution < 1.29 is 39.1 Å². The lowest BCUT2D eigenvalue weighted by molar-refractivity contribution is -0.194. The van der Waals surface area contributed by atoms with Gasteiger partial charge in [0.1, 0.15) is 18.5 Å². The van der Waals surface area contributed by atoms with Crippen molar-refractivity contribution in [2.24, 2.45) is 0 Å². The van der Waals surface area contributed by atoms with E-state index in [-0.39, 0.29) is 30.7 Å². The molecule has 9 nitrogen and oxygen atoms in total. The highest BCUT2D eigenvalue weighted by molar-refractivity contribution is 14.1. The van der Waals surface area contributed by atoms with Gasteiger partial charge >= 0.3 is 17.7 Å². The average Bonchev–Trinajstić information content (AvgIpc) is 3.28. The van der Waals surface area contributed by atoms with Crippen LogP contribution in [0, 0.1) is 7.14 Å². The van der Waals surface area contributed by atoms with Crippen molar-refractivity contribution in [3.8, 4) is 28.4 Å². The number of carboxylic acid groups (broad SMARTS) is 2. The fourth-order valence-electron chi connectivity index (χ4n) is 4.05. The van der Waals surface area contributed by atoms with Crippen molar-refractivity contribution >= 4 is 57.1 Å². The molecule has 3 aromatic carbocycles. The maximum atomic E-state index is 11.8. The van der Waals surface area contributed by atoms with Gasteiger partial charge in [-0.05, 0) is 106 Å². The third-order valence-corrected chi connectivity index (χ3v) is 7.19. The summed E-state index contributed by atoms with van der Waals surface area (Å²) in [5.41, 5.74) is 2.09. The zero-order chi connectivity index (χ0) is 27.4. The number of aliphatic hydroxyl groups excluding tert-OH is 1. The second-order valence-electron chi connectivity index (χ2n) is 8.80. The zero-order valence-corrected chi connectivity index (χ0v) is 24.5. The molecular formula is C27H25I2NO8. The number of aliphatic carboxylic acids is 2. The third kappa shape index (κ3) is 6.33. The Labute approximate surface area is 246 Å². The fraction of sp³-hybridized carbons (Fsp3) is 0.259. The highest BCUT2D eigenvalue weighted by Gasteiger charge is 2.58. The number of hydrogen-bond acceptors (Lipinski definition) is 7. The van der Waals surface area contributed by atoms with Crippen LogP contribution in [-0.4, -0.2) is 58.3 Å². The second-order valence-corrected chi connectivity index (χ2v) is 11.3. The minimum absolute atomic E-state index is 0.0381. The minimum Gasteiger partial charge on any atom is -0.491 e. The Morgan fingerprint density at radius 1 is 1.00 bits per heavy atom. The number of carboxylic acids is 2. The van der Waals surface area contributed by atoms with Crippen molar-refractivity contribution in [2.45, 2.75) is 31.3 Å². The number of ether oxygens (including phenoxy) is 3. The molecule has 1 heterocycles. The van der Waals surface area contributed by atoms with Crippen molar-refractivity contribution in [1.29, 1.82) is 0 Å². The summed E-state index contributed by atoms with van der Waals surface area (Å²) in [6.45, 7) is 2.37. The molecule has 200 valence electrons. The summed E-state index contributed by atoms with van der Waals surface area (Å²) in [6.07, 6.45) is -0.260. The molecule has 0 saturated carbocycles. The maximum absolute atomic E-state index is 11.8. The van der Waals surface area contributed by atoms with E-state index >= 15 is 0 Å². The lowest BCUT2D eigenvalue weighted by atomic mass is 9.94. The predicted octanol–water partition coefficient (Wildman–Crippen LogP) is 4.16. The van der Waals surface area contributed by atoms with Gasteiger partial charge in [-0.1, -0.05) is 24.3 Å². The Hall–Kier alpha value is -2.62. The van der Waals surface area contributed by atoms with Gasteiger partial charge in [0.15, 0.2) is 11.5 Å². The van der Waals surface area contributed by atoms with Gasteiger partial charge < -0.3 is 34.8 Å². The van der Waals surface area contributed by atoms with E-state index < -0.39 is 23.8 Å². The van der Waals surface area contributed by atoms with E-state index in [1.54, 1.807) is 6.07 Å². The fourth-order valence-corrected chi connectivity index (χ4v) is 5.11. The van der Waals surface area contributed by atoms with Crippen LogP contribution in [0.5, 0.6) is 17.2 Å². The summed E-state index contributed by atoms with van der Waals surface area (Å²) in [5, 5.41) is 32.9. The van der Waals surface area contributed by atoms with Crippen LogP contribution in [0.15, 0.2) is 60.7 Å². The lowest BCUT2D eigenvalue weighted by Crippen LogP contribution is -2.54. The summed E-state index contributed by atoms with van der Waals surface area (Å²) in [6, 6.07) is 18.3. The van der Waals surface area contributed by atoms with E-state index in [4.69, 9.17) is 14.2 Å². The quantitative estimate of drug-likeness (QED) is 0.169. The summed E-state index contributed by atoms with van der Waals surface area (Å²) < 4.78 is 18.5. The van der Waals surface area contributed by atoms with E-state index in [2.05, 4.69) is 50.5 Å². The van der Waals surface area contributed by atoms with Gasteiger partial charge in [-0.2, -0.15) is 0 Å². The monoisotopic (exact) mass is 745 g/mol. The Morgan fingerprint density at radius 3 is 2.34 bits per heavy atom.